The molecule has 1 atom stereocenters. The average molecular weight is 275 g/mol. The van der Waals surface area contributed by atoms with Crippen LogP contribution in [0.5, 0.6) is 0 Å². The maximum absolute atomic E-state index is 11.6. The molecular weight excluding hydrogens is 250 g/mol. The van der Waals surface area contributed by atoms with Crippen molar-refractivity contribution in [3.8, 4) is 0 Å². The zero-order chi connectivity index (χ0) is 13.8. The number of urea groups is 1. The smallest absolute Gasteiger partial charge is 0.321 e. The highest BCUT2D eigenvalue weighted by molar-refractivity contribution is 7.98. The van der Waals surface area contributed by atoms with E-state index < -0.39 is 6.03 Å². The van der Waals surface area contributed by atoms with Gasteiger partial charge in [0.1, 0.15) is 0 Å². The molecule has 0 aromatic carbocycles. The van der Waals surface area contributed by atoms with Crippen LogP contribution in [-0.4, -0.2) is 43.1 Å². The summed E-state index contributed by atoms with van der Waals surface area (Å²) in [5.74, 6) is 0.901. The second kappa shape index (κ2) is 11.3. The van der Waals surface area contributed by atoms with Gasteiger partial charge in [-0.05, 0) is 45.2 Å². The summed E-state index contributed by atoms with van der Waals surface area (Å²) in [4.78, 5) is 22.7. The lowest BCUT2D eigenvalue weighted by Crippen LogP contribution is -2.48. The Morgan fingerprint density at radius 2 is 1.94 bits per heavy atom. The molecule has 0 saturated heterocycles. The van der Waals surface area contributed by atoms with Crippen molar-refractivity contribution in [1.29, 1.82) is 0 Å². The fraction of sp³-hybridized carbons (Fsp3) is 0.833. The molecular formula is C12H25N3O2S. The van der Waals surface area contributed by atoms with Crippen LogP contribution in [-0.2, 0) is 4.79 Å². The number of imide groups is 1. The van der Waals surface area contributed by atoms with Gasteiger partial charge in [-0.25, -0.2) is 4.79 Å². The van der Waals surface area contributed by atoms with Crippen LogP contribution in [0.25, 0.3) is 0 Å². The van der Waals surface area contributed by atoms with Gasteiger partial charge < -0.3 is 10.6 Å². The van der Waals surface area contributed by atoms with Gasteiger partial charge in [0.15, 0.2) is 0 Å². The Morgan fingerprint density at radius 1 is 1.22 bits per heavy atom. The van der Waals surface area contributed by atoms with E-state index in [0.29, 0.717) is 6.54 Å². The number of amides is 3. The van der Waals surface area contributed by atoms with Crippen LogP contribution in [0, 0.1) is 0 Å². The SMILES string of the molecule is CCNC(=O)NC(=O)C(C)NCCCCCSC. The van der Waals surface area contributed by atoms with Gasteiger partial charge in [-0.1, -0.05) is 6.42 Å². The Kier molecular flexibility index (Phi) is 10.9. The number of carbonyl (C=O) groups is 2. The first-order valence-electron chi connectivity index (χ1n) is 6.42. The Labute approximate surface area is 114 Å². The largest absolute Gasteiger partial charge is 0.338 e. The molecule has 3 amide bonds. The summed E-state index contributed by atoms with van der Waals surface area (Å²) in [6, 6.07) is -0.774. The molecule has 106 valence electrons. The summed E-state index contributed by atoms with van der Waals surface area (Å²) < 4.78 is 0. The first-order valence-corrected chi connectivity index (χ1v) is 7.82. The molecule has 0 aromatic rings. The molecule has 0 heterocycles. The molecule has 0 saturated carbocycles. The topological polar surface area (TPSA) is 70.2 Å². The lowest BCUT2D eigenvalue weighted by atomic mass is 10.2. The molecule has 18 heavy (non-hydrogen) atoms. The van der Waals surface area contributed by atoms with Gasteiger partial charge in [-0.15, -0.1) is 0 Å². The molecule has 5 nitrogen and oxygen atoms in total. The Bertz CT molecular complexity index is 249. The van der Waals surface area contributed by atoms with Crippen molar-refractivity contribution in [3.63, 3.8) is 0 Å². The Hall–Kier alpha value is -0.750. The predicted molar refractivity (Wildman–Crippen MR) is 76.9 cm³/mol. The molecule has 0 fully saturated rings. The molecule has 0 bridgehead atoms. The lowest BCUT2D eigenvalue weighted by molar-refractivity contribution is -0.121. The maximum atomic E-state index is 11.6. The number of rotatable bonds is 9. The first-order chi connectivity index (χ1) is 8.61. The van der Waals surface area contributed by atoms with E-state index in [-0.39, 0.29) is 11.9 Å². The van der Waals surface area contributed by atoms with Crippen LogP contribution in [0.1, 0.15) is 33.1 Å². The van der Waals surface area contributed by atoms with E-state index in [4.69, 9.17) is 0 Å². The third-order valence-corrected chi connectivity index (χ3v) is 3.14. The minimum absolute atomic E-state index is 0.287. The van der Waals surface area contributed by atoms with Crippen molar-refractivity contribution < 1.29 is 9.59 Å². The molecule has 0 radical (unpaired) electrons. The zero-order valence-corrected chi connectivity index (χ0v) is 12.4. The highest BCUT2D eigenvalue weighted by Crippen LogP contribution is 2.01. The van der Waals surface area contributed by atoms with Crippen molar-refractivity contribution in [2.24, 2.45) is 0 Å². The molecule has 0 aromatic heterocycles. The van der Waals surface area contributed by atoms with E-state index in [1.807, 2.05) is 11.8 Å². The van der Waals surface area contributed by atoms with Gasteiger partial charge in [0, 0.05) is 6.54 Å². The quantitative estimate of drug-likeness (QED) is 0.555. The van der Waals surface area contributed by atoms with E-state index in [1.54, 1.807) is 13.8 Å². The summed E-state index contributed by atoms with van der Waals surface area (Å²) in [6.45, 7) is 4.88. The minimum Gasteiger partial charge on any atom is -0.338 e. The van der Waals surface area contributed by atoms with Gasteiger partial charge in [0.25, 0.3) is 0 Å². The third kappa shape index (κ3) is 9.30. The summed E-state index contributed by atoms with van der Waals surface area (Å²) in [6.07, 6.45) is 5.53. The standard InChI is InChI=1S/C12H25N3O2S/c1-4-13-12(17)15-11(16)10(2)14-8-6-5-7-9-18-3/h10,14H,4-9H2,1-3H3,(H2,13,15,16,17). The molecule has 1 unspecified atom stereocenters. The molecule has 0 aliphatic rings. The second-order valence-electron chi connectivity index (χ2n) is 4.08. The minimum atomic E-state index is -0.434. The van der Waals surface area contributed by atoms with Crippen molar-refractivity contribution in [2.45, 2.75) is 39.2 Å². The number of nitrogens with one attached hydrogen (secondary N) is 3. The van der Waals surface area contributed by atoms with Gasteiger partial charge in [0.05, 0.1) is 6.04 Å². The van der Waals surface area contributed by atoms with E-state index in [2.05, 4.69) is 22.2 Å². The third-order valence-electron chi connectivity index (χ3n) is 2.44. The van der Waals surface area contributed by atoms with E-state index >= 15 is 0 Å². The van der Waals surface area contributed by atoms with Crippen LogP contribution in [0.3, 0.4) is 0 Å². The van der Waals surface area contributed by atoms with Crippen molar-refractivity contribution in [2.75, 3.05) is 25.1 Å². The summed E-state index contributed by atoms with van der Waals surface area (Å²) in [7, 11) is 0. The van der Waals surface area contributed by atoms with Crippen molar-refractivity contribution >= 4 is 23.7 Å². The van der Waals surface area contributed by atoms with Crippen LogP contribution in [0.15, 0.2) is 0 Å². The molecule has 0 spiro atoms. The summed E-state index contributed by atoms with van der Waals surface area (Å²) >= 11 is 1.85. The van der Waals surface area contributed by atoms with Gasteiger partial charge in [0.2, 0.25) is 5.91 Å². The second-order valence-corrected chi connectivity index (χ2v) is 5.06. The van der Waals surface area contributed by atoms with Crippen LogP contribution in [0.2, 0.25) is 0 Å². The highest BCUT2D eigenvalue weighted by Gasteiger charge is 2.13. The van der Waals surface area contributed by atoms with Crippen LogP contribution in [0.4, 0.5) is 4.79 Å². The van der Waals surface area contributed by atoms with Crippen LogP contribution < -0.4 is 16.0 Å². The Morgan fingerprint density at radius 3 is 2.56 bits per heavy atom. The summed E-state index contributed by atoms with van der Waals surface area (Å²) in [5, 5.41) is 7.92. The molecule has 6 heteroatoms. The van der Waals surface area contributed by atoms with E-state index in [1.165, 1.54) is 18.6 Å². The van der Waals surface area contributed by atoms with E-state index in [0.717, 1.165) is 13.0 Å². The zero-order valence-electron chi connectivity index (χ0n) is 11.5. The van der Waals surface area contributed by atoms with Crippen LogP contribution >= 0.6 is 11.8 Å². The maximum Gasteiger partial charge on any atom is 0.321 e. The average Bonchev–Trinajstić information content (AvgIpc) is 2.33. The van der Waals surface area contributed by atoms with Gasteiger partial charge in [-0.3, -0.25) is 10.1 Å². The fourth-order valence-corrected chi connectivity index (χ4v) is 1.88. The van der Waals surface area contributed by atoms with Crippen molar-refractivity contribution in [1.82, 2.24) is 16.0 Å². The Balaban J connectivity index is 3.58. The molecule has 3 N–H and O–H groups in total. The highest BCUT2D eigenvalue weighted by atomic mass is 32.2. The van der Waals surface area contributed by atoms with E-state index in [9.17, 15) is 9.59 Å². The number of hydrogen-bond acceptors (Lipinski definition) is 4. The lowest BCUT2D eigenvalue weighted by Gasteiger charge is -2.13. The molecule has 0 aliphatic carbocycles. The number of carbonyl (C=O) groups excluding carboxylic acids is 2. The normalized spacial score (nSPS) is 11.9. The monoisotopic (exact) mass is 275 g/mol. The number of unbranched alkanes of at least 4 members (excludes halogenated alkanes) is 2. The van der Waals surface area contributed by atoms with Crippen molar-refractivity contribution in [3.05, 3.63) is 0 Å². The van der Waals surface area contributed by atoms with Gasteiger partial charge >= 0.3 is 6.03 Å². The predicted octanol–water partition coefficient (Wildman–Crippen LogP) is 1.34. The molecule has 0 aliphatic heterocycles. The summed E-state index contributed by atoms with van der Waals surface area (Å²) in [5.41, 5.74) is 0. The molecule has 0 rings (SSSR count). The number of thioether (sulfide) groups is 1. The number of hydrogen-bond donors (Lipinski definition) is 3. The first kappa shape index (κ1) is 17.2. The fourth-order valence-electron chi connectivity index (χ4n) is 1.38. The van der Waals surface area contributed by atoms with Gasteiger partial charge in [-0.2, -0.15) is 11.8 Å².